The molecule has 1 aromatic heterocycles. The second-order valence-corrected chi connectivity index (χ2v) is 6.94. The molecule has 0 aliphatic carbocycles. The zero-order valence-electron chi connectivity index (χ0n) is 11.2. The number of hydrogen-bond acceptors (Lipinski definition) is 4. The Labute approximate surface area is 128 Å². The summed E-state index contributed by atoms with van der Waals surface area (Å²) in [5, 5.41) is 10.6. The van der Waals surface area contributed by atoms with Gasteiger partial charge in [-0.15, -0.1) is 11.3 Å². The molecule has 0 fully saturated rings. The molecule has 2 rings (SSSR count). The summed E-state index contributed by atoms with van der Waals surface area (Å²) in [6.07, 6.45) is 0.408. The summed E-state index contributed by atoms with van der Waals surface area (Å²) in [4.78, 5) is 1.11. The highest BCUT2D eigenvalue weighted by molar-refractivity contribution is 7.89. The molecule has 0 saturated heterocycles. The lowest BCUT2D eigenvalue weighted by atomic mass is 10.2. The quantitative estimate of drug-likeness (QED) is 0.827. The van der Waals surface area contributed by atoms with Gasteiger partial charge in [0, 0.05) is 23.4 Å². The van der Waals surface area contributed by atoms with Crippen molar-refractivity contribution < 1.29 is 13.5 Å². The van der Waals surface area contributed by atoms with Gasteiger partial charge in [-0.05, 0) is 23.6 Å². The summed E-state index contributed by atoms with van der Waals surface area (Å²) in [6, 6.07) is 10.1. The molecule has 0 radical (unpaired) electrons. The molecule has 0 unspecified atom stereocenters. The van der Waals surface area contributed by atoms with Crippen molar-refractivity contribution in [3.63, 3.8) is 0 Å². The third-order valence-electron chi connectivity index (χ3n) is 2.68. The minimum Gasteiger partial charge on any atom is -0.395 e. The fraction of sp³-hybridized carbons (Fsp3) is 0.200. The molecule has 21 heavy (non-hydrogen) atoms. The molecule has 0 bridgehead atoms. The Hall–Kier alpha value is -1.65. The van der Waals surface area contributed by atoms with E-state index in [0.29, 0.717) is 6.42 Å². The molecular formula is C15H15NO3S2. The van der Waals surface area contributed by atoms with Gasteiger partial charge in [0.15, 0.2) is 0 Å². The van der Waals surface area contributed by atoms with E-state index >= 15 is 0 Å². The van der Waals surface area contributed by atoms with Crippen LogP contribution < -0.4 is 4.72 Å². The zero-order valence-corrected chi connectivity index (χ0v) is 12.9. The molecule has 2 N–H and O–H groups in total. The van der Waals surface area contributed by atoms with Gasteiger partial charge in [-0.3, -0.25) is 0 Å². The lowest BCUT2D eigenvalue weighted by Gasteiger charge is -2.05. The van der Waals surface area contributed by atoms with Crippen molar-refractivity contribution >= 4 is 21.4 Å². The number of nitrogens with one attached hydrogen (secondary N) is 1. The van der Waals surface area contributed by atoms with Crippen molar-refractivity contribution in [3.8, 4) is 11.8 Å². The number of aliphatic hydroxyl groups excluding tert-OH is 1. The predicted molar refractivity (Wildman–Crippen MR) is 83.4 cm³/mol. The topological polar surface area (TPSA) is 66.4 Å². The summed E-state index contributed by atoms with van der Waals surface area (Å²) in [6.45, 7) is 0.227. The van der Waals surface area contributed by atoms with Gasteiger partial charge in [-0.1, -0.05) is 30.0 Å². The van der Waals surface area contributed by atoms with Crippen LogP contribution in [0.5, 0.6) is 0 Å². The highest BCUT2D eigenvalue weighted by atomic mass is 32.2. The van der Waals surface area contributed by atoms with Gasteiger partial charge in [-0.2, -0.15) is 0 Å². The van der Waals surface area contributed by atoms with Crippen LogP contribution in [0.3, 0.4) is 0 Å². The fourth-order valence-corrected chi connectivity index (χ4v) is 3.52. The van der Waals surface area contributed by atoms with E-state index in [1.54, 1.807) is 30.3 Å². The molecule has 1 heterocycles. The van der Waals surface area contributed by atoms with Crippen LogP contribution in [0.1, 0.15) is 16.9 Å². The van der Waals surface area contributed by atoms with Gasteiger partial charge in [0.1, 0.15) is 0 Å². The molecular weight excluding hydrogens is 306 g/mol. The van der Waals surface area contributed by atoms with Crippen LogP contribution in [0.2, 0.25) is 0 Å². The molecule has 0 amide bonds. The maximum atomic E-state index is 12.1. The minimum atomic E-state index is -3.51. The normalized spacial score (nSPS) is 10.9. The van der Waals surface area contributed by atoms with Crippen LogP contribution in [-0.2, 0) is 16.6 Å². The molecule has 4 nitrogen and oxygen atoms in total. The van der Waals surface area contributed by atoms with Crippen LogP contribution in [0, 0.1) is 11.8 Å². The number of sulfonamides is 1. The average molecular weight is 321 g/mol. The minimum absolute atomic E-state index is 0.0209. The molecule has 6 heteroatoms. The number of rotatable bonds is 5. The molecule has 0 aliphatic rings. The second-order valence-electron chi connectivity index (χ2n) is 4.17. The van der Waals surface area contributed by atoms with Crippen molar-refractivity contribution in [1.82, 2.24) is 4.72 Å². The molecule has 0 spiro atoms. The Morgan fingerprint density at radius 2 is 1.95 bits per heavy atom. The first-order valence-electron chi connectivity index (χ1n) is 6.34. The number of thiophene rings is 1. The Morgan fingerprint density at radius 3 is 2.67 bits per heavy atom. The number of hydrogen-bond donors (Lipinski definition) is 2. The van der Waals surface area contributed by atoms with Crippen LogP contribution >= 0.6 is 11.3 Å². The maximum Gasteiger partial charge on any atom is 0.240 e. The Kier molecular flexibility index (Phi) is 5.53. The van der Waals surface area contributed by atoms with Crippen molar-refractivity contribution in [2.24, 2.45) is 0 Å². The molecule has 1 aromatic carbocycles. The van der Waals surface area contributed by atoms with Crippen LogP contribution in [0.4, 0.5) is 0 Å². The first-order chi connectivity index (χ1) is 10.1. The van der Waals surface area contributed by atoms with E-state index in [0.717, 1.165) is 10.4 Å². The number of benzene rings is 1. The van der Waals surface area contributed by atoms with Gasteiger partial charge in [0.25, 0.3) is 0 Å². The third-order valence-corrected chi connectivity index (χ3v) is 5.02. The highest BCUT2D eigenvalue weighted by Gasteiger charge is 2.14. The maximum absolute atomic E-state index is 12.1. The molecule has 110 valence electrons. The van der Waals surface area contributed by atoms with Crippen molar-refractivity contribution in [1.29, 1.82) is 0 Å². The summed E-state index contributed by atoms with van der Waals surface area (Å²) in [7, 11) is -3.51. The average Bonchev–Trinajstić information content (AvgIpc) is 2.94. The summed E-state index contributed by atoms with van der Waals surface area (Å²) in [5.41, 5.74) is 0.796. The lowest BCUT2D eigenvalue weighted by Crippen LogP contribution is -2.23. The summed E-state index contributed by atoms with van der Waals surface area (Å²) < 4.78 is 26.8. The first kappa shape index (κ1) is 15.7. The third kappa shape index (κ3) is 4.41. The van der Waals surface area contributed by atoms with Crippen molar-refractivity contribution in [2.45, 2.75) is 17.9 Å². The summed E-state index contributed by atoms with van der Waals surface area (Å²) in [5.74, 6) is 5.77. The molecule has 0 aliphatic heterocycles. The standard InChI is InChI=1S/C15H15NO3S2/c17-10-5-4-6-13-9-11-20-15(13)12-16-21(18,19)14-7-2-1-3-8-14/h1-3,7-9,11,16-17H,5,10,12H2. The van der Waals surface area contributed by atoms with Gasteiger partial charge >= 0.3 is 0 Å². The lowest BCUT2D eigenvalue weighted by molar-refractivity contribution is 0.305. The largest absolute Gasteiger partial charge is 0.395 e. The van der Waals surface area contributed by atoms with Gasteiger partial charge in [0.2, 0.25) is 10.0 Å². The monoisotopic (exact) mass is 321 g/mol. The predicted octanol–water partition coefficient (Wildman–Crippen LogP) is 1.96. The molecule has 0 saturated carbocycles. The van der Waals surface area contributed by atoms with Crippen molar-refractivity contribution in [2.75, 3.05) is 6.61 Å². The van der Waals surface area contributed by atoms with E-state index < -0.39 is 10.0 Å². The van der Waals surface area contributed by atoms with E-state index in [-0.39, 0.29) is 18.0 Å². The Balaban J connectivity index is 2.08. The number of aliphatic hydroxyl groups is 1. The van der Waals surface area contributed by atoms with E-state index in [4.69, 9.17) is 5.11 Å². The molecule has 0 atom stereocenters. The fourth-order valence-electron chi connectivity index (χ4n) is 1.65. The molecule has 2 aromatic rings. The van der Waals surface area contributed by atoms with Gasteiger partial charge < -0.3 is 5.11 Å². The van der Waals surface area contributed by atoms with Crippen LogP contribution in [0.25, 0.3) is 0 Å². The summed E-state index contributed by atoms with van der Waals surface area (Å²) >= 11 is 1.45. The Morgan fingerprint density at radius 1 is 1.19 bits per heavy atom. The van der Waals surface area contributed by atoms with E-state index in [2.05, 4.69) is 16.6 Å². The van der Waals surface area contributed by atoms with Crippen LogP contribution in [0.15, 0.2) is 46.7 Å². The smallest absolute Gasteiger partial charge is 0.240 e. The van der Waals surface area contributed by atoms with Gasteiger partial charge in [-0.25, -0.2) is 13.1 Å². The van der Waals surface area contributed by atoms with E-state index in [1.807, 2.05) is 11.4 Å². The SMILES string of the molecule is O=S(=O)(NCc1sccc1C#CCCO)c1ccccc1. The first-order valence-corrected chi connectivity index (χ1v) is 8.70. The van der Waals surface area contributed by atoms with E-state index in [1.165, 1.54) is 11.3 Å². The van der Waals surface area contributed by atoms with Gasteiger partial charge in [0.05, 0.1) is 11.5 Å². The van der Waals surface area contributed by atoms with Crippen molar-refractivity contribution in [3.05, 3.63) is 52.2 Å². The second kappa shape index (κ2) is 7.38. The highest BCUT2D eigenvalue weighted by Crippen LogP contribution is 2.17. The van der Waals surface area contributed by atoms with E-state index in [9.17, 15) is 8.42 Å². The Bertz CT molecular complexity index is 740. The zero-order chi connectivity index (χ0) is 15.1. The van der Waals surface area contributed by atoms with Crippen LogP contribution in [-0.4, -0.2) is 20.1 Å².